The van der Waals surface area contributed by atoms with Crippen LogP contribution in [0, 0.1) is 13.8 Å². The van der Waals surface area contributed by atoms with Crippen molar-refractivity contribution in [3.8, 4) is 5.75 Å². The summed E-state index contributed by atoms with van der Waals surface area (Å²) in [5, 5.41) is 15.1. The first-order chi connectivity index (χ1) is 7.21. The number of phenols is 1. The van der Waals surface area contributed by atoms with Gasteiger partial charge in [0.2, 0.25) is 10.0 Å². The highest BCUT2D eigenvalue weighted by Crippen LogP contribution is 2.37. The standard InChI is InChI=1S/C9H13ClN2O3S/c1-4-6(3-11)8(13)9(16(12,14)15)5(2)7(4)10/h13H,3,11H2,1-2H3,(H2,12,14,15). The summed E-state index contributed by atoms with van der Waals surface area (Å²) in [6, 6.07) is 0. The van der Waals surface area contributed by atoms with Crippen LogP contribution in [0.1, 0.15) is 16.7 Å². The number of primary sulfonamides is 1. The zero-order valence-corrected chi connectivity index (χ0v) is 10.5. The van der Waals surface area contributed by atoms with Crippen molar-refractivity contribution in [1.29, 1.82) is 0 Å². The molecule has 0 unspecified atom stereocenters. The van der Waals surface area contributed by atoms with Crippen LogP contribution in [0.3, 0.4) is 0 Å². The summed E-state index contributed by atoms with van der Waals surface area (Å²) in [7, 11) is -4.03. The molecule has 1 rings (SSSR count). The normalized spacial score (nSPS) is 11.8. The minimum absolute atomic E-state index is 0.0137. The molecule has 0 bridgehead atoms. The van der Waals surface area contributed by atoms with Gasteiger partial charge in [-0.1, -0.05) is 11.6 Å². The maximum Gasteiger partial charge on any atom is 0.242 e. The molecule has 90 valence electrons. The first-order valence-electron chi connectivity index (χ1n) is 4.45. The molecule has 0 spiro atoms. The Kier molecular flexibility index (Phi) is 3.49. The third-order valence-corrected chi connectivity index (χ3v) is 4.08. The van der Waals surface area contributed by atoms with Crippen LogP contribution in [0.25, 0.3) is 0 Å². The molecule has 0 radical (unpaired) electrons. The molecule has 16 heavy (non-hydrogen) atoms. The lowest BCUT2D eigenvalue weighted by atomic mass is 10.0. The molecule has 0 fully saturated rings. The Hall–Kier alpha value is -0.820. The summed E-state index contributed by atoms with van der Waals surface area (Å²) in [4.78, 5) is -0.358. The third-order valence-electron chi connectivity index (χ3n) is 2.44. The van der Waals surface area contributed by atoms with Crippen molar-refractivity contribution < 1.29 is 13.5 Å². The van der Waals surface area contributed by atoms with E-state index in [9.17, 15) is 13.5 Å². The summed E-state index contributed by atoms with van der Waals surface area (Å²) in [5.74, 6) is -0.413. The van der Waals surface area contributed by atoms with Gasteiger partial charge in [0.05, 0.1) is 0 Å². The van der Waals surface area contributed by atoms with E-state index in [0.717, 1.165) is 0 Å². The second-order valence-electron chi connectivity index (χ2n) is 3.47. The van der Waals surface area contributed by atoms with Gasteiger partial charge in [-0.2, -0.15) is 0 Å². The van der Waals surface area contributed by atoms with Gasteiger partial charge in [-0.3, -0.25) is 0 Å². The molecule has 0 amide bonds. The Balaban J connectivity index is 3.84. The highest BCUT2D eigenvalue weighted by atomic mass is 35.5. The van der Waals surface area contributed by atoms with Crippen molar-refractivity contribution in [1.82, 2.24) is 0 Å². The molecule has 1 aromatic carbocycles. The number of sulfonamides is 1. The summed E-state index contributed by atoms with van der Waals surface area (Å²) >= 11 is 5.96. The van der Waals surface area contributed by atoms with Gasteiger partial charge in [-0.15, -0.1) is 0 Å². The van der Waals surface area contributed by atoms with Crippen molar-refractivity contribution in [2.75, 3.05) is 0 Å². The van der Waals surface area contributed by atoms with E-state index >= 15 is 0 Å². The second-order valence-corrected chi connectivity index (χ2v) is 5.35. The molecule has 0 aliphatic carbocycles. The predicted molar refractivity (Wildman–Crippen MR) is 61.9 cm³/mol. The van der Waals surface area contributed by atoms with Crippen molar-refractivity contribution in [3.05, 3.63) is 21.7 Å². The van der Waals surface area contributed by atoms with Crippen molar-refractivity contribution in [2.45, 2.75) is 25.3 Å². The first kappa shape index (κ1) is 13.2. The maximum atomic E-state index is 11.3. The van der Waals surface area contributed by atoms with Crippen LogP contribution >= 0.6 is 11.6 Å². The number of hydrogen-bond donors (Lipinski definition) is 3. The average molecular weight is 265 g/mol. The van der Waals surface area contributed by atoms with E-state index < -0.39 is 15.8 Å². The van der Waals surface area contributed by atoms with E-state index in [1.54, 1.807) is 6.92 Å². The van der Waals surface area contributed by atoms with E-state index in [1.165, 1.54) is 6.92 Å². The third kappa shape index (κ3) is 2.01. The Bertz CT molecular complexity index is 540. The molecule has 0 atom stereocenters. The molecule has 0 aromatic heterocycles. The smallest absolute Gasteiger partial charge is 0.242 e. The topological polar surface area (TPSA) is 106 Å². The molecular formula is C9H13ClN2O3S. The minimum atomic E-state index is -4.03. The van der Waals surface area contributed by atoms with Gasteiger partial charge in [0, 0.05) is 17.1 Å². The predicted octanol–water partition coefficient (Wildman–Crippen LogP) is 0.769. The summed E-state index contributed by atoms with van der Waals surface area (Å²) in [6.07, 6.45) is 0. The van der Waals surface area contributed by atoms with E-state index in [2.05, 4.69) is 0 Å². The first-order valence-corrected chi connectivity index (χ1v) is 6.37. The molecular weight excluding hydrogens is 252 g/mol. The van der Waals surface area contributed by atoms with Crippen LogP contribution < -0.4 is 10.9 Å². The summed E-state index contributed by atoms with van der Waals surface area (Å²) in [6.45, 7) is 3.12. The SMILES string of the molecule is Cc1c(Cl)c(C)c(S(N)(=O)=O)c(O)c1CN. The van der Waals surface area contributed by atoms with Gasteiger partial charge in [0.25, 0.3) is 0 Å². The fourth-order valence-electron chi connectivity index (χ4n) is 1.60. The monoisotopic (exact) mass is 264 g/mol. The molecule has 0 heterocycles. The van der Waals surface area contributed by atoms with Gasteiger partial charge in [-0.05, 0) is 25.0 Å². The molecule has 0 aliphatic rings. The highest BCUT2D eigenvalue weighted by Gasteiger charge is 2.24. The van der Waals surface area contributed by atoms with Crippen LogP contribution in [0.5, 0.6) is 5.75 Å². The fraction of sp³-hybridized carbons (Fsp3) is 0.333. The quantitative estimate of drug-likeness (QED) is 0.733. The van der Waals surface area contributed by atoms with Crippen molar-refractivity contribution in [3.63, 3.8) is 0 Å². The Morgan fingerprint density at radius 3 is 2.19 bits per heavy atom. The van der Waals surface area contributed by atoms with Crippen LogP contribution in [-0.4, -0.2) is 13.5 Å². The number of halogens is 1. The molecule has 0 saturated carbocycles. The molecule has 5 N–H and O–H groups in total. The Labute approximate surface area is 99.1 Å². The lowest BCUT2D eigenvalue weighted by molar-refractivity contribution is 0.450. The molecule has 0 aliphatic heterocycles. The van der Waals surface area contributed by atoms with Gasteiger partial charge >= 0.3 is 0 Å². The van der Waals surface area contributed by atoms with E-state index in [0.29, 0.717) is 11.1 Å². The number of phenolic OH excluding ortho intramolecular Hbond substituents is 1. The van der Waals surface area contributed by atoms with Gasteiger partial charge in [0.15, 0.2) is 0 Å². The van der Waals surface area contributed by atoms with Crippen LogP contribution in [0.15, 0.2) is 4.90 Å². The van der Waals surface area contributed by atoms with Gasteiger partial charge < -0.3 is 10.8 Å². The lowest BCUT2D eigenvalue weighted by Gasteiger charge is -2.15. The summed E-state index contributed by atoms with van der Waals surface area (Å²) < 4.78 is 22.6. The molecule has 7 heteroatoms. The zero-order valence-electron chi connectivity index (χ0n) is 8.91. The maximum absolute atomic E-state index is 11.3. The van der Waals surface area contributed by atoms with Gasteiger partial charge in [0.1, 0.15) is 10.6 Å². The number of aromatic hydroxyl groups is 1. The van der Waals surface area contributed by atoms with Crippen LogP contribution in [0.4, 0.5) is 0 Å². The van der Waals surface area contributed by atoms with E-state index in [1.807, 2.05) is 0 Å². The van der Waals surface area contributed by atoms with Crippen molar-refractivity contribution in [2.24, 2.45) is 10.9 Å². The molecule has 1 aromatic rings. The largest absolute Gasteiger partial charge is 0.506 e. The summed E-state index contributed by atoms with van der Waals surface area (Å²) in [5.41, 5.74) is 6.51. The molecule has 5 nitrogen and oxygen atoms in total. The average Bonchev–Trinajstić information content (AvgIpc) is 2.13. The fourth-order valence-corrected chi connectivity index (χ4v) is 2.79. The minimum Gasteiger partial charge on any atom is -0.506 e. The number of nitrogens with two attached hydrogens (primary N) is 2. The zero-order chi connectivity index (χ0) is 12.7. The number of rotatable bonds is 2. The van der Waals surface area contributed by atoms with Crippen molar-refractivity contribution >= 4 is 21.6 Å². The highest BCUT2D eigenvalue weighted by molar-refractivity contribution is 7.89. The van der Waals surface area contributed by atoms with E-state index in [-0.39, 0.29) is 22.0 Å². The van der Waals surface area contributed by atoms with Gasteiger partial charge in [-0.25, -0.2) is 13.6 Å². The second kappa shape index (κ2) is 4.21. The number of benzene rings is 1. The molecule has 0 saturated heterocycles. The number of hydrogen-bond acceptors (Lipinski definition) is 4. The Morgan fingerprint density at radius 1 is 1.31 bits per heavy atom. The van der Waals surface area contributed by atoms with Crippen LogP contribution in [-0.2, 0) is 16.6 Å². The Morgan fingerprint density at radius 2 is 1.81 bits per heavy atom. The lowest BCUT2D eigenvalue weighted by Crippen LogP contribution is -2.16. The van der Waals surface area contributed by atoms with E-state index in [4.69, 9.17) is 22.5 Å². The van der Waals surface area contributed by atoms with Crippen LogP contribution in [0.2, 0.25) is 5.02 Å².